The minimum absolute atomic E-state index is 0.0171. The molecule has 5 rings (SSSR count). The molecule has 16 heteroatoms. The Bertz CT molecular complexity index is 1860. The van der Waals surface area contributed by atoms with Crippen molar-refractivity contribution in [3.05, 3.63) is 76.6 Å². The number of rotatable bonds is 8. The van der Waals surface area contributed by atoms with Crippen LogP contribution >= 0.6 is 0 Å². The first-order valence-corrected chi connectivity index (χ1v) is 15.0. The van der Waals surface area contributed by atoms with E-state index in [4.69, 9.17) is 10.5 Å². The number of nitrogens with one attached hydrogen (secondary N) is 2. The van der Waals surface area contributed by atoms with E-state index >= 15 is 0 Å². The highest BCUT2D eigenvalue weighted by molar-refractivity contribution is 7.91. The predicted octanol–water partition coefficient (Wildman–Crippen LogP) is 2.25. The molecular formula is C24H22N6O8S2. The number of nitro groups is 1. The van der Waals surface area contributed by atoms with E-state index in [1.165, 1.54) is 41.5 Å². The average Bonchev–Trinajstić information content (AvgIpc) is 3.38. The topological polar surface area (TPSA) is 208 Å². The highest BCUT2D eigenvalue weighted by Gasteiger charge is 2.30. The number of benzene rings is 2. The maximum Gasteiger partial charge on any atom is 0.294 e. The molecule has 1 aliphatic rings. The number of aromatic nitrogens is 2. The van der Waals surface area contributed by atoms with Gasteiger partial charge in [-0.1, -0.05) is 6.07 Å². The van der Waals surface area contributed by atoms with Gasteiger partial charge in [0.05, 0.1) is 33.1 Å². The number of pyridine rings is 1. The molecule has 2 aromatic carbocycles. The van der Waals surface area contributed by atoms with Crippen molar-refractivity contribution in [2.45, 2.75) is 9.79 Å². The molecule has 40 heavy (non-hydrogen) atoms. The minimum Gasteiger partial charge on any atom is -0.453 e. The molecule has 4 N–H and O–H groups in total. The Morgan fingerprint density at radius 2 is 1.90 bits per heavy atom. The number of nitrogens with zero attached hydrogens (tertiary/aromatic N) is 3. The highest BCUT2D eigenvalue weighted by atomic mass is 32.2. The summed E-state index contributed by atoms with van der Waals surface area (Å²) in [6, 6.07) is 10.4. The number of hydrogen-bond acceptors (Lipinski definition) is 11. The Hall–Kier alpha value is -4.54. The molecule has 208 valence electrons. The van der Waals surface area contributed by atoms with Gasteiger partial charge in [0.15, 0.2) is 15.6 Å². The molecule has 0 radical (unpaired) electrons. The number of fused-ring (bicyclic) bond motifs is 1. The summed E-state index contributed by atoms with van der Waals surface area (Å²) in [6.45, 7) is 0.201. The van der Waals surface area contributed by atoms with Crippen LogP contribution in [0.3, 0.4) is 0 Å². The van der Waals surface area contributed by atoms with Crippen molar-refractivity contribution in [1.82, 2.24) is 15.0 Å². The van der Waals surface area contributed by atoms with Gasteiger partial charge in [0.25, 0.3) is 11.6 Å². The van der Waals surface area contributed by atoms with E-state index in [0.717, 1.165) is 6.07 Å². The van der Waals surface area contributed by atoms with Crippen molar-refractivity contribution in [2.24, 2.45) is 5.73 Å². The van der Waals surface area contributed by atoms with Gasteiger partial charge in [-0.25, -0.2) is 26.8 Å². The lowest BCUT2D eigenvalue weighted by Crippen LogP contribution is -2.43. The number of hydrazine groups is 1. The lowest BCUT2D eigenvalue weighted by atomic mass is 10.2. The molecule has 0 aliphatic carbocycles. The zero-order chi connectivity index (χ0) is 28.7. The standard InChI is InChI=1S/C24H22N6O8S2/c25-23(31)18-2-1-3-21(22(18)38-16-12-15-6-7-26-24(15)27-14-16)40(36,37)17-4-5-19(20(13-17)30(32)33)28-29-8-10-39(34,35)11-9-29/h1-7,12-14,28H,8-11H2,(H2,25,31)(H,26,27). The molecule has 1 aliphatic heterocycles. The molecule has 4 aromatic rings. The Labute approximate surface area is 227 Å². The molecular weight excluding hydrogens is 564 g/mol. The average molecular weight is 587 g/mol. The van der Waals surface area contributed by atoms with Gasteiger partial charge in [-0.2, -0.15) is 0 Å². The van der Waals surface area contributed by atoms with E-state index in [1.54, 1.807) is 18.3 Å². The van der Waals surface area contributed by atoms with Crippen LogP contribution < -0.4 is 15.9 Å². The monoisotopic (exact) mass is 586 g/mol. The van der Waals surface area contributed by atoms with Gasteiger partial charge >= 0.3 is 0 Å². The zero-order valence-corrected chi connectivity index (χ0v) is 22.2. The number of amides is 1. The molecule has 0 unspecified atom stereocenters. The van der Waals surface area contributed by atoms with E-state index in [9.17, 15) is 31.7 Å². The third kappa shape index (κ3) is 5.31. The molecule has 1 fully saturated rings. The van der Waals surface area contributed by atoms with Gasteiger partial charge in [-0.05, 0) is 36.4 Å². The van der Waals surface area contributed by atoms with Gasteiger partial charge in [-0.15, -0.1) is 0 Å². The third-order valence-corrected chi connectivity index (χ3v) is 9.61. The van der Waals surface area contributed by atoms with Crippen LogP contribution in [-0.2, 0) is 19.7 Å². The molecule has 0 spiro atoms. The van der Waals surface area contributed by atoms with Gasteiger partial charge in [0.1, 0.15) is 22.0 Å². The number of ether oxygens (including phenoxy) is 1. The van der Waals surface area contributed by atoms with Crippen molar-refractivity contribution < 1.29 is 31.3 Å². The fourth-order valence-electron chi connectivity index (χ4n) is 4.17. The summed E-state index contributed by atoms with van der Waals surface area (Å²) >= 11 is 0. The first-order chi connectivity index (χ1) is 18.9. The maximum absolute atomic E-state index is 13.8. The number of carbonyl (C=O) groups is 1. The van der Waals surface area contributed by atoms with E-state index in [-0.39, 0.29) is 47.3 Å². The normalized spacial score (nSPS) is 15.5. The summed E-state index contributed by atoms with van der Waals surface area (Å²) in [6.07, 6.45) is 3.00. The van der Waals surface area contributed by atoms with Crippen molar-refractivity contribution in [3.63, 3.8) is 0 Å². The summed E-state index contributed by atoms with van der Waals surface area (Å²) in [7, 11) is -7.66. The van der Waals surface area contributed by atoms with Crippen LogP contribution in [0.15, 0.2) is 70.7 Å². The first-order valence-electron chi connectivity index (χ1n) is 11.7. The lowest BCUT2D eigenvalue weighted by Gasteiger charge is -2.27. The number of aromatic amines is 1. The van der Waals surface area contributed by atoms with E-state index in [1.807, 2.05) is 0 Å². The summed E-state index contributed by atoms with van der Waals surface area (Å²) in [5.74, 6) is -1.41. The smallest absolute Gasteiger partial charge is 0.294 e. The second-order valence-corrected chi connectivity index (χ2v) is 13.1. The molecule has 2 aromatic heterocycles. The zero-order valence-electron chi connectivity index (χ0n) is 20.6. The number of sulfone groups is 2. The molecule has 3 heterocycles. The van der Waals surface area contributed by atoms with Crippen LogP contribution in [-0.4, -0.2) is 67.2 Å². The summed E-state index contributed by atoms with van der Waals surface area (Å²) in [5.41, 5.74) is 8.09. The Balaban J connectivity index is 1.53. The summed E-state index contributed by atoms with van der Waals surface area (Å²) in [5, 5.41) is 14.1. The lowest BCUT2D eigenvalue weighted by molar-refractivity contribution is -0.384. The van der Waals surface area contributed by atoms with Crippen LogP contribution in [0.5, 0.6) is 11.5 Å². The SMILES string of the molecule is NC(=O)c1cccc(S(=O)(=O)c2ccc(NN3CCS(=O)(=O)CC3)c([N+](=O)[O-])c2)c1Oc1cnc2[nH]ccc2c1. The van der Waals surface area contributed by atoms with Crippen molar-refractivity contribution in [1.29, 1.82) is 0 Å². The van der Waals surface area contributed by atoms with Crippen LogP contribution in [0.2, 0.25) is 0 Å². The summed E-state index contributed by atoms with van der Waals surface area (Å²) in [4.78, 5) is 29.6. The van der Waals surface area contributed by atoms with Crippen LogP contribution in [0.4, 0.5) is 11.4 Å². The van der Waals surface area contributed by atoms with Gasteiger partial charge < -0.3 is 20.9 Å². The Morgan fingerprint density at radius 1 is 1.15 bits per heavy atom. The first kappa shape index (κ1) is 27.0. The van der Waals surface area contributed by atoms with Gasteiger partial charge in [0, 0.05) is 30.7 Å². The van der Waals surface area contributed by atoms with Crippen LogP contribution in [0, 0.1) is 10.1 Å². The van der Waals surface area contributed by atoms with Crippen molar-refractivity contribution in [2.75, 3.05) is 30.0 Å². The maximum atomic E-state index is 13.8. The van der Waals surface area contributed by atoms with E-state index < -0.39 is 46.0 Å². The van der Waals surface area contributed by atoms with Crippen molar-refractivity contribution in [3.8, 4) is 11.5 Å². The fourth-order valence-corrected chi connectivity index (χ4v) is 6.79. The van der Waals surface area contributed by atoms with Crippen LogP contribution in [0.1, 0.15) is 10.4 Å². The van der Waals surface area contributed by atoms with Crippen LogP contribution in [0.25, 0.3) is 11.0 Å². The quantitative estimate of drug-likeness (QED) is 0.201. The van der Waals surface area contributed by atoms with Gasteiger partial charge in [-0.3, -0.25) is 14.9 Å². The Morgan fingerprint density at radius 3 is 2.60 bits per heavy atom. The number of primary amides is 1. The molecule has 0 saturated carbocycles. The number of nitrogens with two attached hydrogens (primary N) is 1. The summed E-state index contributed by atoms with van der Waals surface area (Å²) < 4.78 is 56.8. The third-order valence-electron chi connectivity index (χ3n) is 6.23. The number of H-pyrrole nitrogens is 1. The van der Waals surface area contributed by atoms with E-state index in [2.05, 4.69) is 15.4 Å². The number of anilines is 1. The number of para-hydroxylation sites is 1. The molecule has 1 saturated heterocycles. The molecule has 0 atom stereocenters. The largest absolute Gasteiger partial charge is 0.453 e. The minimum atomic E-state index is -4.48. The number of hydrogen-bond donors (Lipinski definition) is 3. The number of carbonyl (C=O) groups excluding carboxylic acids is 1. The fraction of sp³-hybridized carbons (Fsp3) is 0.167. The second kappa shape index (κ2) is 10.2. The van der Waals surface area contributed by atoms with Gasteiger partial charge in [0.2, 0.25) is 9.84 Å². The predicted molar refractivity (Wildman–Crippen MR) is 144 cm³/mol. The van der Waals surface area contributed by atoms with Crippen molar-refractivity contribution >= 4 is 48.0 Å². The highest BCUT2D eigenvalue weighted by Crippen LogP contribution is 2.38. The van der Waals surface area contributed by atoms with E-state index in [0.29, 0.717) is 11.0 Å². The second-order valence-electron chi connectivity index (χ2n) is 8.88. The molecule has 14 nitrogen and oxygen atoms in total. The molecule has 0 bridgehead atoms. The number of nitro benzene ring substituents is 1. The molecule has 1 amide bonds. The Kier molecular flexibility index (Phi) is 6.91.